The molecular formula is C13H23N. The summed E-state index contributed by atoms with van der Waals surface area (Å²) in [4.78, 5) is 4.19. The molecule has 14 heavy (non-hydrogen) atoms. The van der Waals surface area contributed by atoms with Crippen molar-refractivity contribution in [2.45, 2.75) is 52.9 Å². The molecule has 0 aliphatic heterocycles. The van der Waals surface area contributed by atoms with Crippen LogP contribution in [0.1, 0.15) is 52.9 Å². The second-order valence-corrected chi connectivity index (χ2v) is 3.77. The average molecular weight is 193 g/mol. The van der Waals surface area contributed by atoms with Crippen LogP contribution in [0.2, 0.25) is 0 Å². The minimum absolute atomic E-state index is 1.11. The number of hydrogen-bond donors (Lipinski definition) is 0. The van der Waals surface area contributed by atoms with Gasteiger partial charge in [0.1, 0.15) is 0 Å². The van der Waals surface area contributed by atoms with Gasteiger partial charge < -0.3 is 0 Å². The van der Waals surface area contributed by atoms with E-state index in [1.807, 2.05) is 18.5 Å². The molecule has 0 radical (unpaired) electrons. The average Bonchev–Trinajstić information content (AvgIpc) is 2.15. The summed E-state index contributed by atoms with van der Waals surface area (Å²) in [5, 5.41) is 0. The van der Waals surface area contributed by atoms with Crippen LogP contribution in [0.4, 0.5) is 0 Å². The number of unbranched alkanes of at least 4 members (excludes halogenated alkanes) is 4. The van der Waals surface area contributed by atoms with Crippen molar-refractivity contribution in [1.82, 2.24) is 0 Å². The van der Waals surface area contributed by atoms with Gasteiger partial charge in [-0.1, -0.05) is 37.8 Å². The molecule has 0 saturated carbocycles. The lowest BCUT2D eigenvalue weighted by Crippen LogP contribution is -1.77. The van der Waals surface area contributed by atoms with Gasteiger partial charge in [0.2, 0.25) is 0 Å². The Labute approximate surface area is 88.6 Å². The van der Waals surface area contributed by atoms with E-state index in [1.54, 1.807) is 0 Å². The highest BCUT2D eigenvalue weighted by Gasteiger charge is 1.83. The van der Waals surface area contributed by atoms with Gasteiger partial charge in [0.25, 0.3) is 0 Å². The van der Waals surface area contributed by atoms with Crippen LogP contribution in [-0.2, 0) is 0 Å². The van der Waals surface area contributed by atoms with Gasteiger partial charge in [-0.05, 0) is 32.8 Å². The Morgan fingerprint density at radius 1 is 1.14 bits per heavy atom. The molecule has 0 unspecified atom stereocenters. The molecule has 80 valence electrons. The molecule has 0 bridgehead atoms. The van der Waals surface area contributed by atoms with E-state index in [0.29, 0.717) is 0 Å². The van der Waals surface area contributed by atoms with Gasteiger partial charge in [-0.25, -0.2) is 0 Å². The maximum absolute atomic E-state index is 4.19. The Balaban J connectivity index is 3.36. The Bertz CT molecular complexity index is 195. The van der Waals surface area contributed by atoms with E-state index in [0.717, 1.165) is 6.42 Å². The Morgan fingerprint density at radius 2 is 1.93 bits per heavy atom. The fourth-order valence-electron chi connectivity index (χ4n) is 1.08. The molecule has 0 heterocycles. The minimum atomic E-state index is 1.11. The lowest BCUT2D eigenvalue weighted by Gasteiger charge is -1.92. The fraction of sp³-hybridized carbons (Fsp3) is 0.615. The normalized spacial score (nSPS) is 11.4. The third kappa shape index (κ3) is 11.2. The van der Waals surface area contributed by atoms with Crippen molar-refractivity contribution in [1.29, 1.82) is 0 Å². The lowest BCUT2D eigenvalue weighted by molar-refractivity contribution is 0.685. The van der Waals surface area contributed by atoms with E-state index in [9.17, 15) is 0 Å². The molecule has 0 aromatic heterocycles. The van der Waals surface area contributed by atoms with Crippen molar-refractivity contribution in [2.75, 3.05) is 0 Å². The highest BCUT2D eigenvalue weighted by atomic mass is 14.7. The van der Waals surface area contributed by atoms with Gasteiger partial charge in [-0.15, -0.1) is 0 Å². The van der Waals surface area contributed by atoms with Gasteiger partial charge in [0, 0.05) is 12.4 Å². The van der Waals surface area contributed by atoms with Crippen molar-refractivity contribution in [3.8, 4) is 0 Å². The van der Waals surface area contributed by atoms with Crippen LogP contribution in [-0.4, -0.2) is 6.21 Å². The van der Waals surface area contributed by atoms with E-state index in [2.05, 4.69) is 31.8 Å². The molecule has 1 nitrogen and oxygen atoms in total. The molecule has 0 aliphatic rings. The second kappa shape index (κ2) is 10.2. The maximum atomic E-state index is 4.19. The topological polar surface area (TPSA) is 12.4 Å². The molecule has 0 spiro atoms. The summed E-state index contributed by atoms with van der Waals surface area (Å²) in [5.74, 6) is 0. The lowest BCUT2D eigenvalue weighted by atomic mass is 10.2. The molecule has 0 aromatic rings. The van der Waals surface area contributed by atoms with E-state index in [1.165, 1.54) is 31.3 Å². The van der Waals surface area contributed by atoms with Crippen LogP contribution in [0.25, 0.3) is 0 Å². The highest BCUT2D eigenvalue weighted by Crippen LogP contribution is 2.00. The van der Waals surface area contributed by atoms with Crippen molar-refractivity contribution >= 4 is 6.21 Å². The van der Waals surface area contributed by atoms with Crippen molar-refractivity contribution < 1.29 is 0 Å². The third-order valence-corrected chi connectivity index (χ3v) is 1.89. The van der Waals surface area contributed by atoms with Gasteiger partial charge in [-0.2, -0.15) is 0 Å². The van der Waals surface area contributed by atoms with E-state index < -0.39 is 0 Å². The summed E-state index contributed by atoms with van der Waals surface area (Å²) in [6.07, 6.45) is 14.3. The first-order chi connectivity index (χ1) is 6.77. The molecule has 0 atom stereocenters. The predicted octanol–water partition coefficient (Wildman–Crippen LogP) is 4.51. The molecule has 0 N–H and O–H groups in total. The van der Waals surface area contributed by atoms with Crippen LogP contribution >= 0.6 is 0 Å². The highest BCUT2D eigenvalue weighted by molar-refractivity contribution is 5.57. The fourth-order valence-corrected chi connectivity index (χ4v) is 1.08. The zero-order chi connectivity index (χ0) is 10.6. The van der Waals surface area contributed by atoms with Crippen LogP contribution in [0.3, 0.4) is 0 Å². The summed E-state index contributed by atoms with van der Waals surface area (Å²) < 4.78 is 0. The summed E-state index contributed by atoms with van der Waals surface area (Å²) in [6, 6.07) is 0. The van der Waals surface area contributed by atoms with Gasteiger partial charge in [-0.3, -0.25) is 4.99 Å². The van der Waals surface area contributed by atoms with Crippen molar-refractivity contribution in [3.63, 3.8) is 0 Å². The summed E-state index contributed by atoms with van der Waals surface area (Å²) >= 11 is 0. The first-order valence-electron chi connectivity index (χ1n) is 5.59. The number of hydrogen-bond acceptors (Lipinski definition) is 1. The van der Waals surface area contributed by atoms with E-state index in [-0.39, 0.29) is 0 Å². The molecule has 0 aromatic carbocycles. The zero-order valence-corrected chi connectivity index (χ0v) is 9.79. The molecule has 0 aliphatic carbocycles. The first kappa shape index (κ1) is 13.2. The largest absolute Gasteiger partial charge is 0.269 e. The molecule has 0 rings (SSSR count). The van der Waals surface area contributed by atoms with Gasteiger partial charge in [0.15, 0.2) is 0 Å². The molecule has 0 fully saturated rings. The monoisotopic (exact) mass is 193 g/mol. The number of allylic oxidation sites excluding steroid dienone is 3. The minimum Gasteiger partial charge on any atom is -0.269 e. The first-order valence-corrected chi connectivity index (χ1v) is 5.59. The SMILES string of the molecule is CCCCCC/C=N\C=C/C=C(C)C. The Hall–Kier alpha value is -0.850. The Kier molecular flexibility index (Phi) is 9.61. The number of aliphatic imine (C=N–C) groups is 1. The number of rotatable bonds is 7. The maximum Gasteiger partial charge on any atom is 0.0263 e. The summed E-state index contributed by atoms with van der Waals surface area (Å²) in [6.45, 7) is 6.40. The molecule has 0 amide bonds. The van der Waals surface area contributed by atoms with E-state index >= 15 is 0 Å². The smallest absolute Gasteiger partial charge is 0.0263 e. The van der Waals surface area contributed by atoms with Crippen LogP contribution in [0.5, 0.6) is 0 Å². The van der Waals surface area contributed by atoms with Crippen molar-refractivity contribution in [3.05, 3.63) is 23.9 Å². The Morgan fingerprint density at radius 3 is 2.57 bits per heavy atom. The summed E-state index contributed by atoms with van der Waals surface area (Å²) in [7, 11) is 0. The molecular weight excluding hydrogens is 170 g/mol. The van der Waals surface area contributed by atoms with Crippen molar-refractivity contribution in [2.24, 2.45) is 4.99 Å². The summed E-state index contributed by atoms with van der Waals surface area (Å²) in [5.41, 5.74) is 1.30. The molecule has 0 saturated heterocycles. The standard InChI is InChI=1S/C13H23N/c1-4-5-6-7-8-11-14-12-9-10-13(2)3/h9-12H,4-8H2,1-3H3/b12-9-,14-11-. The van der Waals surface area contributed by atoms with Crippen LogP contribution < -0.4 is 0 Å². The molecule has 1 heteroatoms. The van der Waals surface area contributed by atoms with E-state index in [4.69, 9.17) is 0 Å². The second-order valence-electron chi connectivity index (χ2n) is 3.77. The third-order valence-electron chi connectivity index (χ3n) is 1.89. The zero-order valence-electron chi connectivity index (χ0n) is 9.79. The van der Waals surface area contributed by atoms with Gasteiger partial charge >= 0.3 is 0 Å². The predicted molar refractivity (Wildman–Crippen MR) is 65.8 cm³/mol. The van der Waals surface area contributed by atoms with Gasteiger partial charge in [0.05, 0.1) is 0 Å². The van der Waals surface area contributed by atoms with Crippen LogP contribution in [0, 0.1) is 0 Å². The number of nitrogens with zero attached hydrogens (tertiary/aromatic N) is 1. The van der Waals surface area contributed by atoms with Crippen LogP contribution in [0.15, 0.2) is 28.9 Å². The quantitative estimate of drug-likeness (QED) is 0.320.